The molecule has 1 aromatic carbocycles. The Morgan fingerprint density at radius 3 is 2.56 bits per heavy atom. The fourth-order valence-electron chi connectivity index (χ4n) is 3.26. The van der Waals surface area contributed by atoms with Gasteiger partial charge in [0, 0.05) is 11.6 Å². The van der Waals surface area contributed by atoms with Crippen molar-refractivity contribution < 1.29 is 5.11 Å². The van der Waals surface area contributed by atoms with Crippen LogP contribution in [0.3, 0.4) is 0 Å². The number of nitrogens with two attached hydrogens (primary N) is 1. The van der Waals surface area contributed by atoms with E-state index in [4.69, 9.17) is 5.73 Å². The number of likely N-dealkylation sites (N-methyl/N-ethyl adjacent to an activating group) is 1. The molecule has 3 N–H and O–H groups in total. The minimum absolute atomic E-state index is 0.122. The molecule has 1 aliphatic rings. The van der Waals surface area contributed by atoms with Crippen molar-refractivity contribution in [3.8, 4) is 5.75 Å². The highest BCUT2D eigenvalue weighted by molar-refractivity contribution is 5.28. The van der Waals surface area contributed by atoms with Crippen LogP contribution in [0.2, 0.25) is 0 Å². The van der Waals surface area contributed by atoms with Gasteiger partial charge in [-0.05, 0) is 51.1 Å². The van der Waals surface area contributed by atoms with Crippen molar-refractivity contribution in [2.24, 2.45) is 5.73 Å². The Morgan fingerprint density at radius 1 is 1.33 bits per heavy atom. The van der Waals surface area contributed by atoms with Crippen LogP contribution in [-0.2, 0) is 6.42 Å². The van der Waals surface area contributed by atoms with Crippen LogP contribution in [0.25, 0.3) is 0 Å². The average Bonchev–Trinajstić information content (AvgIpc) is 2.79. The molecule has 0 amide bonds. The van der Waals surface area contributed by atoms with E-state index in [9.17, 15) is 5.11 Å². The second-order valence-electron chi connectivity index (χ2n) is 5.69. The molecule has 1 aliphatic carbocycles. The predicted molar refractivity (Wildman–Crippen MR) is 74.7 cm³/mol. The number of nitrogens with zero attached hydrogens (tertiary/aromatic N) is 1. The molecule has 0 spiro atoms. The summed E-state index contributed by atoms with van der Waals surface area (Å²) in [5, 5.41) is 9.51. The highest BCUT2D eigenvalue weighted by Crippen LogP contribution is 2.37. The Bertz CT molecular complexity index is 397. The maximum atomic E-state index is 9.51. The van der Waals surface area contributed by atoms with Gasteiger partial charge in [0.2, 0.25) is 0 Å². The lowest BCUT2D eigenvalue weighted by Crippen LogP contribution is -2.56. The molecule has 3 nitrogen and oxygen atoms in total. The molecule has 0 radical (unpaired) electrons. The summed E-state index contributed by atoms with van der Waals surface area (Å²) in [5.74, 6) is 0.324. The van der Waals surface area contributed by atoms with Gasteiger partial charge >= 0.3 is 0 Å². The number of rotatable bonds is 4. The van der Waals surface area contributed by atoms with Crippen LogP contribution in [0, 0.1) is 0 Å². The largest absolute Gasteiger partial charge is 0.508 e. The second kappa shape index (κ2) is 5.29. The first-order valence-corrected chi connectivity index (χ1v) is 6.75. The zero-order valence-electron chi connectivity index (χ0n) is 11.4. The van der Waals surface area contributed by atoms with Crippen LogP contribution in [-0.4, -0.2) is 35.7 Å². The fourth-order valence-corrected chi connectivity index (χ4v) is 3.26. The summed E-state index contributed by atoms with van der Waals surface area (Å²) in [5.41, 5.74) is 7.73. The van der Waals surface area contributed by atoms with E-state index in [1.165, 1.54) is 25.7 Å². The molecule has 0 aromatic heterocycles. The molecule has 18 heavy (non-hydrogen) atoms. The summed E-state index contributed by atoms with van der Waals surface area (Å²) < 4.78 is 0. The molecule has 0 bridgehead atoms. The van der Waals surface area contributed by atoms with Crippen LogP contribution in [0.5, 0.6) is 5.75 Å². The zero-order chi connectivity index (χ0) is 13.2. The topological polar surface area (TPSA) is 49.5 Å². The number of benzene rings is 1. The molecule has 2 rings (SSSR count). The Labute approximate surface area is 110 Å². The first-order chi connectivity index (χ1) is 8.54. The lowest BCUT2D eigenvalue weighted by atomic mass is 9.83. The standard InChI is InChI=1S/C15H24N2O/c1-17(2)15(8-3-4-9-15)14(16)11-12-6-5-7-13(18)10-12/h5-7,10,14,18H,3-4,8-9,11,16H2,1-2H3. The van der Waals surface area contributed by atoms with Crippen molar-refractivity contribution in [1.82, 2.24) is 4.90 Å². The summed E-state index contributed by atoms with van der Waals surface area (Å²) >= 11 is 0. The summed E-state index contributed by atoms with van der Waals surface area (Å²) in [7, 11) is 4.27. The first-order valence-electron chi connectivity index (χ1n) is 6.75. The van der Waals surface area contributed by atoms with Gasteiger partial charge in [-0.25, -0.2) is 0 Å². The van der Waals surface area contributed by atoms with Crippen molar-refractivity contribution in [2.75, 3.05) is 14.1 Å². The Balaban J connectivity index is 2.13. The highest BCUT2D eigenvalue weighted by Gasteiger charge is 2.41. The maximum Gasteiger partial charge on any atom is 0.115 e. The number of hydrogen-bond acceptors (Lipinski definition) is 3. The molecule has 1 aromatic rings. The summed E-state index contributed by atoms with van der Waals surface area (Å²) in [4.78, 5) is 2.30. The molecular weight excluding hydrogens is 224 g/mol. The number of phenols is 1. The number of aromatic hydroxyl groups is 1. The van der Waals surface area contributed by atoms with E-state index in [0.717, 1.165) is 12.0 Å². The predicted octanol–water partition coefficient (Wildman–Crippen LogP) is 2.14. The van der Waals surface area contributed by atoms with Gasteiger partial charge in [-0.3, -0.25) is 0 Å². The van der Waals surface area contributed by atoms with E-state index in [1.54, 1.807) is 6.07 Å². The Morgan fingerprint density at radius 2 is 2.00 bits per heavy atom. The van der Waals surface area contributed by atoms with Crippen LogP contribution in [0.15, 0.2) is 24.3 Å². The normalized spacial score (nSPS) is 20.2. The molecule has 1 fully saturated rings. The van der Waals surface area contributed by atoms with Crippen LogP contribution < -0.4 is 5.73 Å². The maximum absolute atomic E-state index is 9.51. The van der Waals surface area contributed by atoms with Gasteiger partial charge in [-0.2, -0.15) is 0 Å². The third-order valence-electron chi connectivity index (χ3n) is 4.42. The van der Waals surface area contributed by atoms with Crippen molar-refractivity contribution in [1.29, 1.82) is 0 Å². The number of phenolic OH excluding ortho intramolecular Hbond substituents is 1. The first kappa shape index (κ1) is 13.4. The summed E-state index contributed by atoms with van der Waals surface area (Å²) in [6, 6.07) is 7.56. The van der Waals surface area contributed by atoms with Gasteiger partial charge in [-0.15, -0.1) is 0 Å². The minimum atomic E-state index is 0.122. The van der Waals surface area contributed by atoms with Crippen molar-refractivity contribution in [3.05, 3.63) is 29.8 Å². The van der Waals surface area contributed by atoms with Gasteiger partial charge in [-0.1, -0.05) is 25.0 Å². The van der Waals surface area contributed by atoms with Gasteiger partial charge in [0.25, 0.3) is 0 Å². The molecule has 100 valence electrons. The van der Waals surface area contributed by atoms with Gasteiger partial charge in [0.1, 0.15) is 5.75 Å². The molecule has 0 aliphatic heterocycles. The van der Waals surface area contributed by atoms with Crippen molar-refractivity contribution in [3.63, 3.8) is 0 Å². The molecule has 3 heteroatoms. The minimum Gasteiger partial charge on any atom is -0.508 e. The summed E-state index contributed by atoms with van der Waals surface area (Å²) in [6.07, 6.45) is 5.73. The van der Waals surface area contributed by atoms with Crippen LogP contribution >= 0.6 is 0 Å². The highest BCUT2D eigenvalue weighted by atomic mass is 16.3. The lowest BCUT2D eigenvalue weighted by Gasteiger charge is -2.41. The van der Waals surface area contributed by atoms with E-state index >= 15 is 0 Å². The summed E-state index contributed by atoms with van der Waals surface area (Å²) in [6.45, 7) is 0. The SMILES string of the molecule is CN(C)C1(C(N)Cc2cccc(O)c2)CCCC1. The molecule has 0 heterocycles. The third kappa shape index (κ3) is 2.52. The monoisotopic (exact) mass is 248 g/mol. The molecular formula is C15H24N2O. The smallest absolute Gasteiger partial charge is 0.115 e. The van der Waals surface area contributed by atoms with Crippen molar-refractivity contribution >= 4 is 0 Å². The molecule has 1 atom stereocenters. The van der Waals surface area contributed by atoms with Crippen molar-refractivity contribution in [2.45, 2.75) is 43.7 Å². The quantitative estimate of drug-likeness (QED) is 0.858. The van der Waals surface area contributed by atoms with E-state index in [-0.39, 0.29) is 11.6 Å². The lowest BCUT2D eigenvalue weighted by molar-refractivity contribution is 0.123. The van der Waals surface area contributed by atoms with Gasteiger partial charge in [0.15, 0.2) is 0 Å². The molecule has 1 unspecified atom stereocenters. The van der Waals surface area contributed by atoms with Crippen LogP contribution in [0.4, 0.5) is 0 Å². The fraction of sp³-hybridized carbons (Fsp3) is 0.600. The van der Waals surface area contributed by atoms with E-state index in [0.29, 0.717) is 5.75 Å². The van der Waals surface area contributed by atoms with Gasteiger partial charge in [0.05, 0.1) is 0 Å². The number of hydrogen-bond donors (Lipinski definition) is 2. The van der Waals surface area contributed by atoms with E-state index in [1.807, 2.05) is 18.2 Å². The molecule has 0 saturated heterocycles. The molecule has 1 saturated carbocycles. The third-order valence-corrected chi connectivity index (χ3v) is 4.42. The second-order valence-corrected chi connectivity index (χ2v) is 5.69. The Hall–Kier alpha value is -1.06. The van der Waals surface area contributed by atoms with E-state index in [2.05, 4.69) is 19.0 Å². The zero-order valence-corrected chi connectivity index (χ0v) is 11.4. The van der Waals surface area contributed by atoms with Crippen LogP contribution in [0.1, 0.15) is 31.2 Å². The van der Waals surface area contributed by atoms with Gasteiger partial charge < -0.3 is 15.7 Å². The Kier molecular flexibility index (Phi) is 3.93. The van der Waals surface area contributed by atoms with E-state index < -0.39 is 0 Å². The average molecular weight is 248 g/mol.